The van der Waals surface area contributed by atoms with Crippen LogP contribution in [0.25, 0.3) is 11.6 Å². The lowest BCUT2D eigenvalue weighted by atomic mass is 10.4. The van der Waals surface area contributed by atoms with Crippen molar-refractivity contribution in [1.82, 2.24) is 29.5 Å². The van der Waals surface area contributed by atoms with Gasteiger partial charge in [0.2, 0.25) is 0 Å². The summed E-state index contributed by atoms with van der Waals surface area (Å²) < 4.78 is 57.5. The van der Waals surface area contributed by atoms with E-state index in [4.69, 9.17) is 23.2 Å². The zero-order valence-corrected chi connectivity index (χ0v) is 30.1. The van der Waals surface area contributed by atoms with Crippen LogP contribution >= 0.6 is 39.1 Å². The van der Waals surface area contributed by atoms with Crippen LogP contribution in [-0.2, 0) is 20.0 Å². The van der Waals surface area contributed by atoms with Crippen LogP contribution in [0.4, 0.5) is 11.4 Å². The summed E-state index contributed by atoms with van der Waals surface area (Å²) in [6, 6.07) is 19.6. The van der Waals surface area contributed by atoms with Crippen molar-refractivity contribution in [2.24, 2.45) is 0 Å². The van der Waals surface area contributed by atoms with Crippen molar-refractivity contribution in [3.05, 3.63) is 138 Å². The van der Waals surface area contributed by atoms with E-state index in [1.165, 1.54) is 70.3 Å². The average molecular weight is 809 g/mol. The summed E-state index contributed by atoms with van der Waals surface area (Å²) in [5.41, 5.74) is 1.43. The molecule has 0 saturated heterocycles. The maximum Gasteiger partial charge on any atom is 0.272 e. The van der Waals surface area contributed by atoms with Crippen molar-refractivity contribution < 1.29 is 16.8 Å². The Balaban J connectivity index is 0.000000191. The Morgan fingerprint density at radius 1 is 0.673 bits per heavy atom. The number of nitrogens with one attached hydrogen (secondary N) is 4. The zero-order chi connectivity index (χ0) is 35.5. The molecule has 4 aromatic heterocycles. The van der Waals surface area contributed by atoms with Gasteiger partial charge in [0.15, 0.2) is 11.6 Å². The van der Waals surface area contributed by atoms with E-state index in [0.29, 0.717) is 38.2 Å². The second kappa shape index (κ2) is 14.4. The van der Waals surface area contributed by atoms with E-state index < -0.39 is 20.0 Å². The predicted molar refractivity (Wildman–Crippen MR) is 190 cm³/mol. The molecule has 0 aliphatic rings. The van der Waals surface area contributed by atoms with E-state index in [-0.39, 0.29) is 31.6 Å². The van der Waals surface area contributed by atoms with Crippen molar-refractivity contribution in [3.8, 4) is 11.6 Å². The van der Waals surface area contributed by atoms with Gasteiger partial charge in [0.25, 0.3) is 31.2 Å². The summed E-state index contributed by atoms with van der Waals surface area (Å²) in [5, 5.41) is 6.05. The largest absolute Gasteiger partial charge is 0.294 e. The summed E-state index contributed by atoms with van der Waals surface area (Å²) in [4.78, 5) is 31.7. The van der Waals surface area contributed by atoms with Crippen molar-refractivity contribution >= 4 is 70.6 Å². The molecule has 6 rings (SSSR count). The van der Waals surface area contributed by atoms with E-state index in [9.17, 15) is 26.4 Å². The molecule has 0 spiro atoms. The van der Waals surface area contributed by atoms with Gasteiger partial charge in [-0.25, -0.2) is 36.2 Å². The van der Waals surface area contributed by atoms with Gasteiger partial charge in [0, 0.05) is 33.0 Å². The van der Waals surface area contributed by atoms with Gasteiger partial charge in [0.05, 0.1) is 28.8 Å². The second-order valence-corrected chi connectivity index (χ2v) is 15.3. The SMILES string of the molecule is Cc1cc(=O)n(-c2ccc(NS(=O)(=O)c3ccc(Cl)cc3Cl)cn2)[nH]1.Cc1cc(=O)n(-c2ccc(NS(=O)(=O)c3ccccc3Br)cn2)[nH]1. The number of hydrogen-bond acceptors (Lipinski definition) is 8. The minimum atomic E-state index is -3.90. The number of nitrogens with zero attached hydrogens (tertiary/aromatic N) is 4. The van der Waals surface area contributed by atoms with Crippen LogP contribution in [0.15, 0.2) is 115 Å². The third-order valence-corrected chi connectivity index (χ3v) is 11.0. The standard InChI is InChI=1S/C15H13BrN4O3S.C15H12Cl2N4O3S/c1-10-8-15(21)20(18-10)14-7-6-11(9-17-14)19-24(22,23)13-5-3-2-4-12(13)16;1-9-6-15(22)21(19-9)14-5-3-11(8-18-14)20-25(23,24)13-4-2-10(16)7-12(13)17/h2-9,18-19H,1H3;2-8,19-20H,1H3. The molecular weight excluding hydrogens is 783 g/mol. The molecule has 0 radical (unpaired) electrons. The molecule has 0 aliphatic heterocycles. The highest BCUT2D eigenvalue weighted by Gasteiger charge is 2.19. The van der Waals surface area contributed by atoms with Crippen LogP contribution in [0.3, 0.4) is 0 Å². The summed E-state index contributed by atoms with van der Waals surface area (Å²) in [6.45, 7) is 3.51. The molecule has 0 bridgehead atoms. The Hall–Kier alpha value is -4.68. The van der Waals surface area contributed by atoms with Gasteiger partial charge in [-0.15, -0.1) is 0 Å². The van der Waals surface area contributed by atoms with E-state index >= 15 is 0 Å². The minimum Gasteiger partial charge on any atom is -0.294 e. The van der Waals surface area contributed by atoms with Gasteiger partial charge >= 0.3 is 0 Å². The molecule has 0 aliphatic carbocycles. The fraction of sp³-hybridized carbons (Fsp3) is 0.0667. The number of aromatic nitrogens is 6. The smallest absolute Gasteiger partial charge is 0.272 e. The van der Waals surface area contributed by atoms with Gasteiger partial charge in [-0.1, -0.05) is 35.3 Å². The lowest BCUT2D eigenvalue weighted by Gasteiger charge is -2.10. The number of benzene rings is 2. The summed E-state index contributed by atoms with van der Waals surface area (Å²) >= 11 is 14.9. The first-order valence-electron chi connectivity index (χ1n) is 13.9. The Kier molecular flexibility index (Phi) is 10.5. The number of pyridine rings is 2. The lowest BCUT2D eigenvalue weighted by molar-refractivity contribution is 0.599. The fourth-order valence-electron chi connectivity index (χ4n) is 4.30. The predicted octanol–water partition coefficient (Wildman–Crippen LogP) is 5.41. The molecule has 254 valence electrons. The van der Waals surface area contributed by atoms with Crippen molar-refractivity contribution in [2.75, 3.05) is 9.44 Å². The number of hydrogen-bond donors (Lipinski definition) is 4. The molecule has 19 heteroatoms. The normalized spacial score (nSPS) is 11.4. The number of halogens is 3. The number of anilines is 2. The van der Waals surface area contributed by atoms with Crippen LogP contribution < -0.4 is 20.6 Å². The van der Waals surface area contributed by atoms with Gasteiger partial charge in [0.1, 0.15) is 9.79 Å². The van der Waals surface area contributed by atoms with Crippen LogP contribution in [0.5, 0.6) is 0 Å². The molecule has 4 heterocycles. The highest BCUT2D eigenvalue weighted by Crippen LogP contribution is 2.27. The maximum absolute atomic E-state index is 12.4. The van der Waals surface area contributed by atoms with Crippen molar-refractivity contribution in [3.63, 3.8) is 0 Å². The summed E-state index contributed by atoms with van der Waals surface area (Å²) in [6.07, 6.45) is 2.66. The molecule has 0 amide bonds. The van der Waals surface area contributed by atoms with Gasteiger partial charge in [-0.05, 0) is 84.4 Å². The number of aryl methyl sites for hydroxylation is 2. The number of aromatic amines is 2. The van der Waals surface area contributed by atoms with Crippen LogP contribution in [0.1, 0.15) is 11.4 Å². The first kappa shape index (κ1) is 35.6. The quantitative estimate of drug-likeness (QED) is 0.157. The van der Waals surface area contributed by atoms with Crippen LogP contribution in [0.2, 0.25) is 10.0 Å². The molecule has 6 aromatic rings. The molecule has 0 saturated carbocycles. The zero-order valence-electron chi connectivity index (χ0n) is 25.3. The Bertz CT molecular complexity index is 2480. The van der Waals surface area contributed by atoms with E-state index in [1.54, 1.807) is 44.2 Å². The first-order chi connectivity index (χ1) is 23.1. The monoisotopic (exact) mass is 806 g/mol. The Morgan fingerprint density at radius 3 is 1.57 bits per heavy atom. The number of rotatable bonds is 8. The second-order valence-electron chi connectivity index (χ2n) is 10.3. The fourth-order valence-corrected chi connectivity index (χ4v) is 8.17. The molecular formula is C30H25BrCl2N8O6S2. The highest BCUT2D eigenvalue weighted by molar-refractivity contribution is 9.10. The van der Waals surface area contributed by atoms with Crippen molar-refractivity contribution in [1.29, 1.82) is 0 Å². The van der Waals surface area contributed by atoms with Gasteiger partial charge in [-0.2, -0.15) is 0 Å². The van der Waals surface area contributed by atoms with E-state index in [2.05, 4.69) is 45.5 Å². The molecule has 0 fully saturated rings. The highest BCUT2D eigenvalue weighted by atomic mass is 79.9. The van der Waals surface area contributed by atoms with Crippen molar-refractivity contribution in [2.45, 2.75) is 23.6 Å². The Morgan fingerprint density at radius 2 is 1.16 bits per heavy atom. The Labute approximate surface area is 298 Å². The summed E-state index contributed by atoms with van der Waals surface area (Å²) in [5.74, 6) is 0.711. The minimum absolute atomic E-state index is 0.0120. The van der Waals surface area contributed by atoms with Gasteiger partial charge < -0.3 is 0 Å². The van der Waals surface area contributed by atoms with Crippen LogP contribution in [-0.4, -0.2) is 46.4 Å². The number of H-pyrrole nitrogens is 2. The third-order valence-electron chi connectivity index (χ3n) is 6.47. The average Bonchev–Trinajstić information content (AvgIpc) is 3.56. The lowest BCUT2D eigenvalue weighted by Crippen LogP contribution is -2.16. The van der Waals surface area contributed by atoms with E-state index in [1.807, 2.05) is 0 Å². The molecule has 0 unspecified atom stereocenters. The molecule has 49 heavy (non-hydrogen) atoms. The maximum atomic E-state index is 12.4. The molecule has 2 aromatic carbocycles. The third kappa shape index (κ3) is 8.49. The first-order valence-corrected chi connectivity index (χ1v) is 18.4. The van der Waals surface area contributed by atoms with E-state index in [0.717, 1.165) is 0 Å². The molecule has 14 nitrogen and oxygen atoms in total. The van der Waals surface area contributed by atoms with Crippen LogP contribution in [0, 0.1) is 13.8 Å². The van der Waals surface area contributed by atoms with Gasteiger partial charge in [-0.3, -0.25) is 29.2 Å². The topological polar surface area (TPSA) is 194 Å². The molecule has 0 atom stereocenters. The molecule has 4 N–H and O–H groups in total. The number of sulfonamides is 2. The summed E-state index contributed by atoms with van der Waals surface area (Å²) in [7, 11) is -7.64.